The lowest BCUT2D eigenvalue weighted by atomic mass is 9.70. The van der Waals surface area contributed by atoms with Gasteiger partial charge in [-0.05, 0) is 43.4 Å². The molecule has 3 nitrogen and oxygen atoms in total. The molecule has 0 unspecified atom stereocenters. The van der Waals surface area contributed by atoms with Gasteiger partial charge >= 0.3 is 6.09 Å². The van der Waals surface area contributed by atoms with Crippen LogP contribution in [0.25, 0.3) is 0 Å². The van der Waals surface area contributed by atoms with Crippen molar-refractivity contribution in [2.24, 2.45) is 0 Å². The lowest BCUT2D eigenvalue weighted by Gasteiger charge is -2.39. The molecular weight excluding hydrogens is 331 g/mol. The molecule has 2 aromatic carbocycles. The molecular formula is C19H18F3NO2. The van der Waals surface area contributed by atoms with E-state index in [4.69, 9.17) is 4.74 Å². The minimum absolute atomic E-state index is 0.0425. The van der Waals surface area contributed by atoms with E-state index < -0.39 is 29.3 Å². The van der Waals surface area contributed by atoms with Crippen LogP contribution in [0.2, 0.25) is 0 Å². The topological polar surface area (TPSA) is 38.3 Å². The van der Waals surface area contributed by atoms with Gasteiger partial charge in [0.1, 0.15) is 23.9 Å². The van der Waals surface area contributed by atoms with E-state index in [0.29, 0.717) is 0 Å². The Kier molecular flexibility index (Phi) is 4.70. The van der Waals surface area contributed by atoms with Gasteiger partial charge in [0.05, 0.1) is 0 Å². The molecule has 1 fully saturated rings. The van der Waals surface area contributed by atoms with Gasteiger partial charge in [-0.3, -0.25) is 5.32 Å². The molecule has 0 saturated heterocycles. The van der Waals surface area contributed by atoms with E-state index >= 15 is 0 Å². The standard InChI is InChI=1S/C19H18F3NO2/c1-19(22)9-13(10-19)17-15(20)7-14(8-16(17)21)23-18(24)25-11-12-5-3-2-4-6-12/h2-8,13H,9-11H2,1H3,(H,23,24). The number of alkyl halides is 1. The van der Waals surface area contributed by atoms with Crippen molar-refractivity contribution in [3.8, 4) is 0 Å². The van der Waals surface area contributed by atoms with Gasteiger partial charge in [-0.1, -0.05) is 30.3 Å². The van der Waals surface area contributed by atoms with Crippen LogP contribution in [0.4, 0.5) is 23.7 Å². The van der Waals surface area contributed by atoms with Crippen molar-refractivity contribution >= 4 is 11.8 Å². The predicted octanol–water partition coefficient (Wildman–Crippen LogP) is 5.32. The molecule has 0 bridgehead atoms. The molecule has 0 heterocycles. The molecule has 1 N–H and O–H groups in total. The van der Waals surface area contributed by atoms with E-state index in [0.717, 1.165) is 17.7 Å². The average Bonchev–Trinajstić information content (AvgIpc) is 2.51. The molecule has 1 amide bonds. The maximum atomic E-state index is 14.2. The lowest BCUT2D eigenvalue weighted by Crippen LogP contribution is -2.36. The number of nitrogens with one attached hydrogen (secondary N) is 1. The number of hydrogen-bond donors (Lipinski definition) is 1. The number of amides is 1. The van der Waals surface area contributed by atoms with Crippen molar-refractivity contribution in [1.29, 1.82) is 0 Å². The maximum absolute atomic E-state index is 14.2. The zero-order valence-electron chi connectivity index (χ0n) is 13.7. The van der Waals surface area contributed by atoms with Crippen LogP contribution in [0.15, 0.2) is 42.5 Å². The average molecular weight is 349 g/mol. The summed E-state index contributed by atoms with van der Waals surface area (Å²) in [5.74, 6) is -2.06. The fourth-order valence-corrected chi connectivity index (χ4v) is 3.10. The number of rotatable bonds is 4. The van der Waals surface area contributed by atoms with Gasteiger partial charge in [0, 0.05) is 11.3 Å². The first kappa shape index (κ1) is 17.3. The third-order valence-electron chi connectivity index (χ3n) is 4.29. The molecule has 6 heteroatoms. The molecule has 0 aromatic heterocycles. The fraction of sp³-hybridized carbons (Fsp3) is 0.316. The number of anilines is 1. The monoisotopic (exact) mass is 349 g/mol. The number of ether oxygens (including phenoxy) is 1. The van der Waals surface area contributed by atoms with Crippen molar-refractivity contribution in [2.45, 2.75) is 38.0 Å². The Morgan fingerprint density at radius 3 is 2.36 bits per heavy atom. The second-order valence-electron chi connectivity index (χ2n) is 6.56. The Balaban J connectivity index is 1.62. The van der Waals surface area contributed by atoms with Gasteiger partial charge in [-0.25, -0.2) is 18.0 Å². The van der Waals surface area contributed by atoms with E-state index in [1.165, 1.54) is 6.92 Å². The summed E-state index contributed by atoms with van der Waals surface area (Å²) in [4.78, 5) is 11.8. The van der Waals surface area contributed by atoms with Gasteiger partial charge in [0.2, 0.25) is 0 Å². The quantitative estimate of drug-likeness (QED) is 0.811. The maximum Gasteiger partial charge on any atom is 0.411 e. The summed E-state index contributed by atoms with van der Waals surface area (Å²) < 4.78 is 46.9. The largest absolute Gasteiger partial charge is 0.444 e. The van der Waals surface area contributed by atoms with Gasteiger partial charge in [0.15, 0.2) is 0 Å². The van der Waals surface area contributed by atoms with Crippen LogP contribution >= 0.6 is 0 Å². The van der Waals surface area contributed by atoms with Gasteiger partial charge in [-0.15, -0.1) is 0 Å². The second-order valence-corrected chi connectivity index (χ2v) is 6.56. The summed E-state index contributed by atoms with van der Waals surface area (Å²) >= 11 is 0. The lowest BCUT2D eigenvalue weighted by molar-refractivity contribution is 0.0588. The van der Waals surface area contributed by atoms with Crippen molar-refractivity contribution in [3.63, 3.8) is 0 Å². The zero-order valence-corrected chi connectivity index (χ0v) is 13.7. The number of benzene rings is 2. The highest BCUT2D eigenvalue weighted by molar-refractivity contribution is 5.84. The summed E-state index contributed by atoms with van der Waals surface area (Å²) in [7, 11) is 0. The first-order valence-corrected chi connectivity index (χ1v) is 8.00. The second kappa shape index (κ2) is 6.78. The van der Waals surface area contributed by atoms with Crippen LogP contribution < -0.4 is 5.32 Å². The molecule has 1 saturated carbocycles. The summed E-state index contributed by atoms with van der Waals surface area (Å²) in [5.41, 5.74) is -0.746. The molecule has 0 aliphatic heterocycles. The van der Waals surface area contributed by atoms with Gasteiger partial charge in [0.25, 0.3) is 0 Å². The highest BCUT2D eigenvalue weighted by atomic mass is 19.1. The zero-order chi connectivity index (χ0) is 18.0. The predicted molar refractivity (Wildman–Crippen MR) is 88.1 cm³/mol. The number of carbonyl (C=O) groups is 1. The van der Waals surface area contributed by atoms with Crippen molar-refractivity contribution in [2.75, 3.05) is 5.32 Å². The van der Waals surface area contributed by atoms with E-state index in [9.17, 15) is 18.0 Å². The number of carbonyl (C=O) groups excluding carboxylic acids is 1. The third-order valence-corrected chi connectivity index (χ3v) is 4.29. The molecule has 0 radical (unpaired) electrons. The highest BCUT2D eigenvalue weighted by Crippen LogP contribution is 2.48. The Bertz CT molecular complexity index is 746. The Morgan fingerprint density at radius 1 is 1.20 bits per heavy atom. The van der Waals surface area contributed by atoms with Crippen molar-refractivity contribution in [3.05, 3.63) is 65.2 Å². The first-order chi connectivity index (χ1) is 11.8. The normalized spacial score (nSPS) is 22.2. The van der Waals surface area contributed by atoms with Crippen molar-refractivity contribution in [1.82, 2.24) is 0 Å². The van der Waals surface area contributed by atoms with Crippen LogP contribution in [0.1, 0.15) is 36.8 Å². The minimum Gasteiger partial charge on any atom is -0.444 e. The van der Waals surface area contributed by atoms with Crippen LogP contribution in [-0.4, -0.2) is 11.8 Å². The smallest absolute Gasteiger partial charge is 0.411 e. The summed E-state index contributed by atoms with van der Waals surface area (Å²) in [5, 5.41) is 2.30. The van der Waals surface area contributed by atoms with Crippen LogP contribution in [0.3, 0.4) is 0 Å². The Labute approximate surface area is 143 Å². The summed E-state index contributed by atoms with van der Waals surface area (Å²) in [6.45, 7) is 1.46. The number of halogens is 3. The van der Waals surface area contributed by atoms with E-state index in [1.54, 1.807) is 12.1 Å². The SMILES string of the molecule is CC1(F)CC(c2c(F)cc(NC(=O)OCc3ccccc3)cc2F)C1. The molecule has 132 valence electrons. The molecule has 3 rings (SSSR count). The van der Waals surface area contributed by atoms with Crippen LogP contribution in [0.5, 0.6) is 0 Å². The molecule has 25 heavy (non-hydrogen) atoms. The summed E-state index contributed by atoms with van der Waals surface area (Å²) in [6, 6.07) is 11.1. The van der Waals surface area contributed by atoms with E-state index in [2.05, 4.69) is 5.32 Å². The molecule has 0 spiro atoms. The molecule has 2 aromatic rings. The Hall–Kier alpha value is -2.50. The Morgan fingerprint density at radius 2 is 1.80 bits per heavy atom. The van der Waals surface area contributed by atoms with Crippen LogP contribution in [0, 0.1) is 11.6 Å². The minimum atomic E-state index is -1.37. The summed E-state index contributed by atoms with van der Waals surface area (Å²) in [6.07, 6.45) is -0.630. The van der Waals surface area contributed by atoms with Gasteiger partial charge in [-0.2, -0.15) is 0 Å². The highest BCUT2D eigenvalue weighted by Gasteiger charge is 2.43. The van der Waals surface area contributed by atoms with Crippen LogP contribution in [-0.2, 0) is 11.3 Å². The molecule has 1 aliphatic carbocycles. The fourth-order valence-electron chi connectivity index (χ4n) is 3.10. The molecule has 1 aliphatic rings. The van der Waals surface area contributed by atoms with E-state index in [-0.39, 0.29) is 30.7 Å². The van der Waals surface area contributed by atoms with E-state index in [1.807, 2.05) is 18.2 Å². The van der Waals surface area contributed by atoms with Gasteiger partial charge < -0.3 is 4.74 Å². The molecule has 0 atom stereocenters. The van der Waals surface area contributed by atoms with Crippen molar-refractivity contribution < 1.29 is 22.7 Å². The first-order valence-electron chi connectivity index (χ1n) is 8.00. The third kappa shape index (κ3) is 4.13. The number of hydrogen-bond acceptors (Lipinski definition) is 2.